The first-order chi connectivity index (χ1) is 18.0. The van der Waals surface area contributed by atoms with Crippen LogP contribution in [0.1, 0.15) is 41.9 Å². The van der Waals surface area contributed by atoms with Gasteiger partial charge in [0.1, 0.15) is 12.2 Å². The molecule has 0 radical (unpaired) electrons. The zero-order valence-corrected chi connectivity index (χ0v) is 20.6. The van der Waals surface area contributed by atoms with Gasteiger partial charge in [0.2, 0.25) is 17.7 Å². The molecular weight excluding hydrogens is 520 g/mol. The van der Waals surface area contributed by atoms with E-state index in [1.54, 1.807) is 9.80 Å². The first kappa shape index (κ1) is 27.9. The Labute approximate surface area is 215 Å². The Bertz CT molecular complexity index is 1100. The summed E-state index contributed by atoms with van der Waals surface area (Å²) < 4.78 is 88.8. The SMILES string of the molecule is COc1ncc(C2CCCC2COCC(=O)N2CCN(c3ncc(C(F)(F)F)cn3)CC2)cc1C(F)(F)F. The van der Waals surface area contributed by atoms with E-state index in [4.69, 9.17) is 9.47 Å². The van der Waals surface area contributed by atoms with E-state index in [1.165, 1.54) is 6.20 Å². The molecule has 0 aromatic carbocycles. The largest absolute Gasteiger partial charge is 0.481 e. The van der Waals surface area contributed by atoms with Crippen LogP contribution in [-0.2, 0) is 21.9 Å². The molecular formula is C24H27F6N5O3. The molecule has 0 N–H and O–H groups in total. The van der Waals surface area contributed by atoms with Crippen LogP contribution in [0.25, 0.3) is 0 Å². The van der Waals surface area contributed by atoms with E-state index in [1.807, 2.05) is 0 Å². The molecule has 2 aromatic rings. The highest BCUT2D eigenvalue weighted by Crippen LogP contribution is 2.43. The summed E-state index contributed by atoms with van der Waals surface area (Å²) >= 11 is 0. The van der Waals surface area contributed by atoms with Gasteiger partial charge in [-0.05, 0) is 36.3 Å². The van der Waals surface area contributed by atoms with Crippen LogP contribution in [0, 0.1) is 5.92 Å². The van der Waals surface area contributed by atoms with E-state index >= 15 is 0 Å². The highest BCUT2D eigenvalue weighted by molar-refractivity contribution is 5.77. The molecule has 2 atom stereocenters. The number of rotatable bonds is 7. The lowest BCUT2D eigenvalue weighted by Crippen LogP contribution is -2.50. The summed E-state index contributed by atoms with van der Waals surface area (Å²) in [4.78, 5) is 27.3. The van der Waals surface area contributed by atoms with E-state index in [2.05, 4.69) is 15.0 Å². The van der Waals surface area contributed by atoms with Crippen molar-refractivity contribution in [3.05, 3.63) is 41.3 Å². The quantitative estimate of drug-likeness (QED) is 0.482. The van der Waals surface area contributed by atoms with E-state index < -0.39 is 29.4 Å². The summed E-state index contributed by atoms with van der Waals surface area (Å²) in [5.41, 5.74) is -1.38. The number of nitrogens with zero attached hydrogens (tertiary/aromatic N) is 5. The van der Waals surface area contributed by atoms with Crippen molar-refractivity contribution in [1.29, 1.82) is 0 Å². The van der Waals surface area contributed by atoms with Crippen molar-refractivity contribution in [3.63, 3.8) is 0 Å². The average Bonchev–Trinajstić information content (AvgIpc) is 3.36. The van der Waals surface area contributed by atoms with Crippen LogP contribution in [0.3, 0.4) is 0 Å². The number of hydrogen-bond acceptors (Lipinski definition) is 7. The van der Waals surface area contributed by atoms with Crippen molar-refractivity contribution in [2.75, 3.05) is 51.4 Å². The van der Waals surface area contributed by atoms with Crippen LogP contribution in [-0.4, -0.2) is 72.3 Å². The third kappa shape index (κ3) is 6.45. The molecule has 14 heteroatoms. The number of halogens is 6. The Morgan fingerprint density at radius 2 is 1.66 bits per heavy atom. The van der Waals surface area contributed by atoms with Gasteiger partial charge in [-0.25, -0.2) is 15.0 Å². The second kappa shape index (κ2) is 11.3. The number of hydrogen-bond donors (Lipinski definition) is 0. The van der Waals surface area contributed by atoms with Gasteiger partial charge in [0.05, 0.1) is 19.3 Å². The number of pyridine rings is 1. The molecule has 2 aromatic heterocycles. The van der Waals surface area contributed by atoms with Crippen LogP contribution in [0.4, 0.5) is 32.3 Å². The Balaban J connectivity index is 1.26. The number of piperazine rings is 1. The summed E-state index contributed by atoms with van der Waals surface area (Å²) in [6.45, 7) is 1.42. The molecule has 3 heterocycles. The van der Waals surface area contributed by atoms with Crippen molar-refractivity contribution in [2.24, 2.45) is 5.92 Å². The van der Waals surface area contributed by atoms with Crippen molar-refractivity contribution in [2.45, 2.75) is 37.5 Å². The zero-order valence-electron chi connectivity index (χ0n) is 20.6. The second-order valence-corrected chi connectivity index (χ2v) is 9.27. The van der Waals surface area contributed by atoms with Gasteiger partial charge in [-0.3, -0.25) is 4.79 Å². The molecule has 2 unspecified atom stereocenters. The third-order valence-electron chi connectivity index (χ3n) is 6.90. The van der Waals surface area contributed by atoms with Crippen LogP contribution < -0.4 is 9.64 Å². The average molecular weight is 548 g/mol. The van der Waals surface area contributed by atoms with Crippen LogP contribution in [0.15, 0.2) is 24.7 Å². The fraction of sp³-hybridized carbons (Fsp3) is 0.583. The maximum atomic E-state index is 13.4. The van der Waals surface area contributed by atoms with Gasteiger partial charge < -0.3 is 19.3 Å². The van der Waals surface area contributed by atoms with E-state index in [0.717, 1.165) is 38.4 Å². The normalized spacial score (nSPS) is 20.6. The van der Waals surface area contributed by atoms with E-state index in [9.17, 15) is 31.1 Å². The Hall–Kier alpha value is -3.16. The molecule has 8 nitrogen and oxygen atoms in total. The van der Waals surface area contributed by atoms with Crippen molar-refractivity contribution >= 4 is 11.9 Å². The molecule has 1 saturated carbocycles. The molecule has 1 aliphatic carbocycles. The number of ether oxygens (including phenoxy) is 2. The summed E-state index contributed by atoms with van der Waals surface area (Å²) in [5.74, 6) is -0.763. The first-order valence-electron chi connectivity index (χ1n) is 12.1. The number of anilines is 1. The number of amides is 1. The summed E-state index contributed by atoms with van der Waals surface area (Å²) in [5, 5.41) is 0. The van der Waals surface area contributed by atoms with Gasteiger partial charge in [0, 0.05) is 44.8 Å². The predicted octanol–water partition coefficient (Wildman–Crippen LogP) is 4.17. The third-order valence-corrected chi connectivity index (χ3v) is 6.90. The molecule has 4 rings (SSSR count). The smallest absolute Gasteiger partial charge is 0.421 e. The molecule has 2 fully saturated rings. The van der Waals surface area contributed by atoms with Crippen LogP contribution in [0.5, 0.6) is 5.88 Å². The lowest BCUT2D eigenvalue weighted by molar-refractivity contribution is -0.139. The number of aromatic nitrogens is 3. The maximum Gasteiger partial charge on any atom is 0.421 e. The number of carbonyl (C=O) groups excluding carboxylic acids is 1. The molecule has 1 aliphatic heterocycles. The Kier molecular flexibility index (Phi) is 8.28. The summed E-state index contributed by atoms with van der Waals surface area (Å²) in [6, 6.07) is 1.08. The lowest BCUT2D eigenvalue weighted by Gasteiger charge is -2.34. The fourth-order valence-electron chi connectivity index (χ4n) is 4.89. The Morgan fingerprint density at radius 1 is 0.974 bits per heavy atom. The zero-order chi connectivity index (χ0) is 27.5. The van der Waals surface area contributed by atoms with Crippen LogP contribution >= 0.6 is 0 Å². The van der Waals surface area contributed by atoms with Crippen LogP contribution in [0.2, 0.25) is 0 Å². The minimum Gasteiger partial charge on any atom is -0.481 e. The minimum atomic E-state index is -4.59. The molecule has 2 aliphatic rings. The monoisotopic (exact) mass is 547 g/mol. The molecule has 208 valence electrons. The predicted molar refractivity (Wildman–Crippen MR) is 123 cm³/mol. The summed E-state index contributed by atoms with van der Waals surface area (Å²) in [7, 11) is 1.14. The van der Waals surface area contributed by atoms with Gasteiger partial charge in [0.15, 0.2) is 0 Å². The molecule has 0 spiro atoms. The van der Waals surface area contributed by atoms with Gasteiger partial charge in [-0.2, -0.15) is 26.3 Å². The number of carbonyl (C=O) groups is 1. The number of methoxy groups -OCH3 is 1. The molecule has 1 amide bonds. The van der Waals surface area contributed by atoms with Gasteiger partial charge in [0.25, 0.3) is 0 Å². The minimum absolute atomic E-state index is 0.0484. The highest BCUT2D eigenvalue weighted by Gasteiger charge is 2.38. The molecule has 0 bridgehead atoms. The number of alkyl halides is 6. The van der Waals surface area contributed by atoms with Gasteiger partial charge in [-0.1, -0.05) is 6.42 Å². The van der Waals surface area contributed by atoms with Crippen molar-refractivity contribution < 1.29 is 40.6 Å². The first-order valence-corrected chi connectivity index (χ1v) is 12.1. The topological polar surface area (TPSA) is 80.7 Å². The standard InChI is InChI=1S/C24H27F6N5O3/c1-37-21-19(24(28,29)30)9-16(10-31-21)18-4-2-3-15(18)13-38-14-20(36)34-5-7-35(8-6-34)22-32-11-17(12-33-22)23(25,26)27/h9-12,15,18H,2-8,13-14H2,1H3. The maximum absolute atomic E-state index is 13.4. The fourth-order valence-corrected chi connectivity index (χ4v) is 4.89. The highest BCUT2D eigenvalue weighted by atomic mass is 19.4. The second-order valence-electron chi connectivity index (χ2n) is 9.27. The van der Waals surface area contributed by atoms with Gasteiger partial charge >= 0.3 is 12.4 Å². The van der Waals surface area contributed by atoms with Crippen molar-refractivity contribution in [3.8, 4) is 5.88 Å². The molecule has 38 heavy (non-hydrogen) atoms. The van der Waals surface area contributed by atoms with E-state index in [-0.39, 0.29) is 36.9 Å². The summed E-state index contributed by atoms with van der Waals surface area (Å²) in [6.07, 6.45) is -3.95. The Morgan fingerprint density at radius 3 is 2.26 bits per heavy atom. The molecule has 1 saturated heterocycles. The lowest BCUT2D eigenvalue weighted by atomic mass is 9.89. The van der Waals surface area contributed by atoms with Crippen molar-refractivity contribution in [1.82, 2.24) is 19.9 Å². The van der Waals surface area contributed by atoms with E-state index in [0.29, 0.717) is 38.2 Å². The van der Waals surface area contributed by atoms with Gasteiger partial charge in [-0.15, -0.1) is 0 Å².